The molecule has 0 amide bonds. The van der Waals surface area contributed by atoms with E-state index in [1.165, 1.54) is 25.7 Å². The standard InChI is InChI=1S/C19H23N5O2/c1-25-17-13-20-8-6-15(17)16-12-22-24-10-7-18(23-19(16)24)21-9-11-26-14-4-2-3-5-14/h6-8,10,12-14H,2-5,9,11H2,1H3,(H,21,23). The molecule has 7 nitrogen and oxygen atoms in total. The van der Waals surface area contributed by atoms with Crippen LogP contribution in [0, 0.1) is 0 Å². The number of nitrogens with one attached hydrogen (secondary N) is 1. The van der Waals surface area contributed by atoms with E-state index in [4.69, 9.17) is 14.5 Å². The largest absolute Gasteiger partial charge is 0.494 e. The van der Waals surface area contributed by atoms with Crippen molar-refractivity contribution in [2.24, 2.45) is 0 Å². The Morgan fingerprint density at radius 3 is 2.92 bits per heavy atom. The molecule has 0 spiro atoms. The molecular formula is C19H23N5O2. The highest BCUT2D eigenvalue weighted by Gasteiger charge is 2.15. The second-order valence-corrected chi connectivity index (χ2v) is 6.42. The van der Waals surface area contributed by atoms with Crippen molar-refractivity contribution in [3.05, 3.63) is 36.9 Å². The van der Waals surface area contributed by atoms with Crippen LogP contribution in [0.15, 0.2) is 36.9 Å². The summed E-state index contributed by atoms with van der Waals surface area (Å²) in [4.78, 5) is 8.82. The van der Waals surface area contributed by atoms with Crippen LogP contribution in [0.2, 0.25) is 0 Å². The minimum absolute atomic E-state index is 0.438. The lowest BCUT2D eigenvalue weighted by atomic mass is 10.1. The van der Waals surface area contributed by atoms with Gasteiger partial charge in [0.15, 0.2) is 5.65 Å². The Bertz CT molecular complexity index is 873. The maximum atomic E-state index is 5.89. The lowest BCUT2D eigenvalue weighted by molar-refractivity contribution is 0.0659. The smallest absolute Gasteiger partial charge is 0.165 e. The highest BCUT2D eigenvalue weighted by Crippen LogP contribution is 2.31. The normalized spacial score (nSPS) is 14.8. The summed E-state index contributed by atoms with van der Waals surface area (Å²) in [5.41, 5.74) is 2.61. The van der Waals surface area contributed by atoms with Gasteiger partial charge in [-0.3, -0.25) is 4.98 Å². The number of fused-ring (bicyclic) bond motifs is 1. The van der Waals surface area contributed by atoms with Crippen molar-refractivity contribution in [2.75, 3.05) is 25.6 Å². The maximum absolute atomic E-state index is 5.89. The second-order valence-electron chi connectivity index (χ2n) is 6.42. The van der Waals surface area contributed by atoms with Gasteiger partial charge in [-0.1, -0.05) is 12.8 Å². The molecule has 3 aromatic rings. The van der Waals surface area contributed by atoms with Crippen molar-refractivity contribution in [3.63, 3.8) is 0 Å². The zero-order chi connectivity index (χ0) is 17.8. The molecule has 0 atom stereocenters. The molecule has 136 valence electrons. The van der Waals surface area contributed by atoms with Crippen molar-refractivity contribution < 1.29 is 9.47 Å². The molecule has 4 rings (SSSR count). The maximum Gasteiger partial charge on any atom is 0.165 e. The summed E-state index contributed by atoms with van der Waals surface area (Å²) in [6.45, 7) is 1.43. The monoisotopic (exact) mass is 353 g/mol. The third-order valence-electron chi connectivity index (χ3n) is 4.73. The summed E-state index contributed by atoms with van der Waals surface area (Å²) >= 11 is 0. The topological polar surface area (TPSA) is 73.6 Å². The van der Waals surface area contributed by atoms with Crippen LogP contribution in [-0.4, -0.2) is 45.9 Å². The molecule has 0 aliphatic heterocycles. The summed E-state index contributed by atoms with van der Waals surface area (Å²) in [6, 6.07) is 3.83. The van der Waals surface area contributed by atoms with Gasteiger partial charge >= 0.3 is 0 Å². The first-order valence-electron chi connectivity index (χ1n) is 9.03. The molecule has 1 saturated carbocycles. The van der Waals surface area contributed by atoms with Gasteiger partial charge in [0.05, 0.1) is 37.8 Å². The Morgan fingerprint density at radius 2 is 2.08 bits per heavy atom. The van der Waals surface area contributed by atoms with Gasteiger partial charge in [-0.2, -0.15) is 5.10 Å². The molecule has 0 bridgehead atoms. The van der Waals surface area contributed by atoms with Gasteiger partial charge in [0.2, 0.25) is 0 Å². The van der Waals surface area contributed by atoms with E-state index in [1.54, 1.807) is 30.2 Å². The van der Waals surface area contributed by atoms with E-state index in [1.807, 2.05) is 18.3 Å². The van der Waals surface area contributed by atoms with E-state index < -0.39 is 0 Å². The zero-order valence-corrected chi connectivity index (χ0v) is 14.9. The van der Waals surface area contributed by atoms with Gasteiger partial charge < -0.3 is 14.8 Å². The fourth-order valence-corrected chi connectivity index (χ4v) is 3.38. The molecule has 0 saturated heterocycles. The molecular weight excluding hydrogens is 330 g/mol. The van der Waals surface area contributed by atoms with E-state index in [0.717, 1.165) is 29.1 Å². The van der Waals surface area contributed by atoms with E-state index in [2.05, 4.69) is 15.4 Å². The third-order valence-corrected chi connectivity index (χ3v) is 4.73. The summed E-state index contributed by atoms with van der Waals surface area (Å²) in [7, 11) is 1.64. The van der Waals surface area contributed by atoms with Crippen molar-refractivity contribution in [1.29, 1.82) is 0 Å². The fourth-order valence-electron chi connectivity index (χ4n) is 3.38. The van der Waals surface area contributed by atoms with Crippen LogP contribution >= 0.6 is 0 Å². The Kier molecular flexibility index (Phi) is 4.97. The molecule has 3 aromatic heterocycles. The number of ether oxygens (including phenoxy) is 2. The molecule has 1 aliphatic rings. The number of nitrogens with zero attached hydrogens (tertiary/aromatic N) is 4. The zero-order valence-electron chi connectivity index (χ0n) is 14.9. The van der Waals surface area contributed by atoms with Crippen molar-refractivity contribution in [3.8, 4) is 16.9 Å². The molecule has 7 heteroatoms. The number of aromatic nitrogens is 4. The van der Waals surface area contributed by atoms with Gasteiger partial charge in [0, 0.05) is 24.5 Å². The van der Waals surface area contributed by atoms with E-state index in [9.17, 15) is 0 Å². The highest BCUT2D eigenvalue weighted by atomic mass is 16.5. The van der Waals surface area contributed by atoms with Crippen LogP contribution in [0.4, 0.5) is 5.82 Å². The molecule has 1 N–H and O–H groups in total. The van der Waals surface area contributed by atoms with Gasteiger partial charge in [-0.05, 0) is 25.0 Å². The number of pyridine rings is 1. The SMILES string of the molecule is COc1cnccc1-c1cnn2ccc(NCCOC3CCCC3)nc12. The average molecular weight is 353 g/mol. The minimum Gasteiger partial charge on any atom is -0.494 e. The van der Waals surface area contributed by atoms with Gasteiger partial charge in [0.1, 0.15) is 11.6 Å². The Labute approximate surface area is 152 Å². The van der Waals surface area contributed by atoms with Crippen molar-refractivity contribution in [2.45, 2.75) is 31.8 Å². The number of anilines is 1. The third kappa shape index (κ3) is 3.48. The number of rotatable bonds is 7. The number of methoxy groups -OCH3 is 1. The minimum atomic E-state index is 0.438. The number of hydrogen-bond donors (Lipinski definition) is 1. The van der Waals surface area contributed by atoms with Crippen LogP contribution < -0.4 is 10.1 Å². The van der Waals surface area contributed by atoms with E-state index in [-0.39, 0.29) is 0 Å². The van der Waals surface area contributed by atoms with E-state index in [0.29, 0.717) is 18.5 Å². The first kappa shape index (κ1) is 16.8. The Balaban J connectivity index is 1.49. The molecule has 1 fully saturated rings. The van der Waals surface area contributed by atoms with Crippen LogP contribution in [0.5, 0.6) is 5.75 Å². The quantitative estimate of drug-likeness (QED) is 0.658. The van der Waals surface area contributed by atoms with Crippen LogP contribution in [0.1, 0.15) is 25.7 Å². The fraction of sp³-hybridized carbons (Fsp3) is 0.421. The number of hydrogen-bond acceptors (Lipinski definition) is 6. The second kappa shape index (κ2) is 7.70. The lowest BCUT2D eigenvalue weighted by Crippen LogP contribution is -2.16. The van der Waals surface area contributed by atoms with Crippen LogP contribution in [0.3, 0.4) is 0 Å². The van der Waals surface area contributed by atoms with Crippen molar-refractivity contribution >= 4 is 11.5 Å². The van der Waals surface area contributed by atoms with Crippen LogP contribution in [-0.2, 0) is 4.74 Å². The van der Waals surface area contributed by atoms with Crippen molar-refractivity contribution in [1.82, 2.24) is 19.6 Å². The molecule has 0 radical (unpaired) electrons. The van der Waals surface area contributed by atoms with Gasteiger partial charge in [0.25, 0.3) is 0 Å². The summed E-state index contributed by atoms with van der Waals surface area (Å²) in [6.07, 6.45) is 12.5. The van der Waals surface area contributed by atoms with E-state index >= 15 is 0 Å². The lowest BCUT2D eigenvalue weighted by Gasteiger charge is -2.12. The molecule has 0 unspecified atom stereocenters. The first-order valence-corrected chi connectivity index (χ1v) is 9.03. The average Bonchev–Trinajstić information content (AvgIpc) is 3.34. The summed E-state index contributed by atoms with van der Waals surface area (Å²) in [5, 5.41) is 7.72. The predicted molar refractivity (Wildman–Crippen MR) is 99.5 cm³/mol. The molecule has 3 heterocycles. The highest BCUT2D eigenvalue weighted by molar-refractivity contribution is 5.81. The van der Waals surface area contributed by atoms with Gasteiger partial charge in [-0.25, -0.2) is 9.50 Å². The Hall–Kier alpha value is -2.67. The van der Waals surface area contributed by atoms with Gasteiger partial charge in [-0.15, -0.1) is 0 Å². The molecule has 26 heavy (non-hydrogen) atoms. The summed E-state index contributed by atoms with van der Waals surface area (Å²) in [5.74, 6) is 1.51. The molecule has 0 aromatic carbocycles. The van der Waals surface area contributed by atoms with Crippen LogP contribution in [0.25, 0.3) is 16.8 Å². The summed E-state index contributed by atoms with van der Waals surface area (Å²) < 4.78 is 13.1. The Morgan fingerprint density at radius 1 is 1.19 bits per heavy atom. The predicted octanol–water partition coefficient (Wildman–Crippen LogP) is 3.17. The first-order chi connectivity index (χ1) is 12.8. The molecule has 1 aliphatic carbocycles.